The van der Waals surface area contributed by atoms with Crippen molar-refractivity contribution in [2.75, 3.05) is 7.05 Å². The highest BCUT2D eigenvalue weighted by molar-refractivity contribution is 9.10. The number of rotatable bonds is 4. The van der Waals surface area contributed by atoms with Gasteiger partial charge in [0.15, 0.2) is 0 Å². The average Bonchev–Trinajstić information content (AvgIpc) is 2.78. The smallest absolute Gasteiger partial charge is 0.0669 e. The van der Waals surface area contributed by atoms with Gasteiger partial charge in [-0.15, -0.1) is 11.3 Å². The summed E-state index contributed by atoms with van der Waals surface area (Å²) >= 11 is 5.24. The van der Waals surface area contributed by atoms with Gasteiger partial charge in [0.05, 0.1) is 6.04 Å². The highest BCUT2D eigenvalue weighted by atomic mass is 79.9. The monoisotopic (exact) mass is 310 g/mol. The first kappa shape index (κ1) is 12.8. The average molecular weight is 311 g/mol. The minimum atomic E-state index is 0.248. The summed E-state index contributed by atoms with van der Waals surface area (Å²) in [6.07, 6.45) is 0. The van der Waals surface area contributed by atoms with Crippen LogP contribution in [0.1, 0.15) is 22.0 Å². The molecule has 0 aliphatic rings. The predicted octanol–water partition coefficient (Wildman–Crippen LogP) is 3.28. The molecule has 0 amide bonds. The molecular weight excluding hydrogens is 296 g/mol. The maximum absolute atomic E-state index is 5.60. The molecule has 2 nitrogen and oxygen atoms in total. The quantitative estimate of drug-likeness (QED) is 0.909. The second-order valence-electron chi connectivity index (χ2n) is 3.83. The molecule has 0 aliphatic carbocycles. The summed E-state index contributed by atoms with van der Waals surface area (Å²) in [6.45, 7) is 0.592. The first-order chi connectivity index (χ1) is 8.24. The zero-order valence-electron chi connectivity index (χ0n) is 9.61. The molecule has 1 aromatic carbocycles. The normalized spacial score (nSPS) is 12.6. The minimum Gasteiger partial charge on any atom is -0.326 e. The molecule has 1 aromatic heterocycles. The summed E-state index contributed by atoms with van der Waals surface area (Å²) in [5.74, 6) is 0. The van der Waals surface area contributed by atoms with Gasteiger partial charge >= 0.3 is 0 Å². The summed E-state index contributed by atoms with van der Waals surface area (Å²) in [6, 6.07) is 10.8. The van der Waals surface area contributed by atoms with Gasteiger partial charge in [-0.25, -0.2) is 0 Å². The molecule has 4 heteroatoms. The highest BCUT2D eigenvalue weighted by Crippen LogP contribution is 2.29. The van der Waals surface area contributed by atoms with Crippen molar-refractivity contribution >= 4 is 27.3 Å². The van der Waals surface area contributed by atoms with Crippen LogP contribution in [0.15, 0.2) is 40.2 Å². The fourth-order valence-electron chi connectivity index (χ4n) is 1.80. The summed E-state index contributed by atoms with van der Waals surface area (Å²) in [5, 5.41) is 5.45. The van der Waals surface area contributed by atoms with E-state index in [0.717, 1.165) is 10.0 Å². The third kappa shape index (κ3) is 2.96. The number of hydrogen-bond donors (Lipinski definition) is 2. The molecule has 90 valence electrons. The molecule has 0 radical (unpaired) electrons. The van der Waals surface area contributed by atoms with E-state index < -0.39 is 0 Å². The van der Waals surface area contributed by atoms with E-state index in [1.54, 1.807) is 11.3 Å². The molecule has 1 unspecified atom stereocenters. The molecule has 2 rings (SSSR count). The van der Waals surface area contributed by atoms with E-state index in [1.807, 2.05) is 7.05 Å². The second kappa shape index (κ2) is 5.78. The van der Waals surface area contributed by atoms with Crippen LogP contribution in [-0.4, -0.2) is 7.05 Å². The van der Waals surface area contributed by atoms with Crippen LogP contribution in [0.3, 0.4) is 0 Å². The number of thiophene rings is 1. The van der Waals surface area contributed by atoms with E-state index in [9.17, 15) is 0 Å². The Balaban J connectivity index is 2.28. The summed E-state index contributed by atoms with van der Waals surface area (Å²) in [4.78, 5) is 1.31. The number of nitrogens with one attached hydrogen (secondary N) is 1. The molecule has 2 aromatic rings. The van der Waals surface area contributed by atoms with Gasteiger partial charge in [-0.3, -0.25) is 0 Å². The van der Waals surface area contributed by atoms with Gasteiger partial charge in [-0.2, -0.15) is 0 Å². The van der Waals surface area contributed by atoms with E-state index >= 15 is 0 Å². The Bertz CT molecular complexity index is 478. The molecule has 1 atom stereocenters. The first-order valence-corrected chi connectivity index (χ1v) is 7.12. The Labute approximate surface area is 114 Å². The standard InChI is InChI=1S/C13H15BrN2S/c1-16-13(12-6-11(14)8-17-12)10-4-2-9(7-15)3-5-10/h2-6,8,13,16H,7,15H2,1H3. The lowest BCUT2D eigenvalue weighted by Crippen LogP contribution is -2.16. The van der Waals surface area contributed by atoms with Gasteiger partial charge in [0, 0.05) is 21.3 Å². The topological polar surface area (TPSA) is 38.0 Å². The maximum Gasteiger partial charge on any atom is 0.0669 e. The van der Waals surface area contributed by atoms with Gasteiger partial charge in [-0.05, 0) is 40.2 Å². The third-order valence-corrected chi connectivity index (χ3v) is 4.47. The molecule has 1 heterocycles. The predicted molar refractivity (Wildman–Crippen MR) is 77.3 cm³/mol. The molecule has 0 aliphatic heterocycles. The Morgan fingerprint density at radius 2 is 2.06 bits per heavy atom. The molecule has 0 bridgehead atoms. The van der Waals surface area contributed by atoms with Crippen LogP contribution in [0.5, 0.6) is 0 Å². The molecule has 0 fully saturated rings. The van der Waals surface area contributed by atoms with E-state index in [-0.39, 0.29) is 6.04 Å². The summed E-state index contributed by atoms with van der Waals surface area (Å²) < 4.78 is 1.14. The lowest BCUT2D eigenvalue weighted by molar-refractivity contribution is 0.703. The van der Waals surface area contributed by atoms with Gasteiger partial charge in [0.25, 0.3) is 0 Å². The van der Waals surface area contributed by atoms with E-state index in [1.165, 1.54) is 10.4 Å². The van der Waals surface area contributed by atoms with Crippen LogP contribution in [0.2, 0.25) is 0 Å². The van der Waals surface area contributed by atoms with Crippen molar-refractivity contribution in [1.29, 1.82) is 0 Å². The van der Waals surface area contributed by atoms with Crippen LogP contribution >= 0.6 is 27.3 Å². The molecule has 0 saturated heterocycles. The third-order valence-electron chi connectivity index (χ3n) is 2.71. The van der Waals surface area contributed by atoms with E-state index in [2.05, 4.69) is 57.0 Å². The number of nitrogens with two attached hydrogens (primary N) is 1. The summed E-state index contributed by atoms with van der Waals surface area (Å²) in [7, 11) is 1.98. The zero-order chi connectivity index (χ0) is 12.3. The van der Waals surface area contributed by atoms with Crippen LogP contribution in [0, 0.1) is 0 Å². The summed E-state index contributed by atoms with van der Waals surface area (Å²) in [5.41, 5.74) is 8.03. The Morgan fingerprint density at radius 1 is 1.35 bits per heavy atom. The van der Waals surface area contributed by atoms with Crippen molar-refractivity contribution in [3.63, 3.8) is 0 Å². The van der Waals surface area contributed by atoms with Crippen molar-refractivity contribution in [1.82, 2.24) is 5.32 Å². The minimum absolute atomic E-state index is 0.248. The molecule has 0 saturated carbocycles. The van der Waals surface area contributed by atoms with Crippen molar-refractivity contribution < 1.29 is 0 Å². The lowest BCUT2D eigenvalue weighted by Gasteiger charge is -2.15. The Morgan fingerprint density at radius 3 is 2.53 bits per heavy atom. The highest BCUT2D eigenvalue weighted by Gasteiger charge is 2.13. The van der Waals surface area contributed by atoms with Crippen molar-refractivity contribution in [3.8, 4) is 0 Å². The fourth-order valence-corrected chi connectivity index (χ4v) is 3.38. The van der Waals surface area contributed by atoms with Crippen LogP contribution < -0.4 is 11.1 Å². The van der Waals surface area contributed by atoms with Gasteiger partial charge < -0.3 is 11.1 Å². The van der Waals surface area contributed by atoms with Gasteiger partial charge in [0.1, 0.15) is 0 Å². The van der Waals surface area contributed by atoms with Gasteiger partial charge in [-0.1, -0.05) is 24.3 Å². The van der Waals surface area contributed by atoms with Crippen molar-refractivity contribution in [2.24, 2.45) is 5.73 Å². The molecular formula is C13H15BrN2S. The van der Waals surface area contributed by atoms with E-state index in [0.29, 0.717) is 6.54 Å². The second-order valence-corrected chi connectivity index (χ2v) is 5.69. The Kier molecular flexibility index (Phi) is 4.34. The zero-order valence-corrected chi connectivity index (χ0v) is 12.0. The molecule has 0 spiro atoms. The van der Waals surface area contributed by atoms with Crippen LogP contribution in [-0.2, 0) is 6.54 Å². The molecule has 3 N–H and O–H groups in total. The Hall–Kier alpha value is -0.680. The van der Waals surface area contributed by atoms with Crippen LogP contribution in [0.4, 0.5) is 0 Å². The fraction of sp³-hybridized carbons (Fsp3) is 0.231. The van der Waals surface area contributed by atoms with Crippen molar-refractivity contribution in [2.45, 2.75) is 12.6 Å². The first-order valence-electron chi connectivity index (χ1n) is 5.44. The lowest BCUT2D eigenvalue weighted by atomic mass is 10.0. The largest absolute Gasteiger partial charge is 0.326 e. The van der Waals surface area contributed by atoms with E-state index in [4.69, 9.17) is 5.73 Å². The number of halogens is 1. The van der Waals surface area contributed by atoms with Crippen LogP contribution in [0.25, 0.3) is 0 Å². The SMILES string of the molecule is CNC(c1ccc(CN)cc1)c1cc(Br)cs1. The van der Waals surface area contributed by atoms with Crippen molar-refractivity contribution in [3.05, 3.63) is 56.2 Å². The number of hydrogen-bond acceptors (Lipinski definition) is 3. The molecule has 17 heavy (non-hydrogen) atoms. The van der Waals surface area contributed by atoms with Gasteiger partial charge in [0.2, 0.25) is 0 Å². The number of benzene rings is 1. The maximum atomic E-state index is 5.60.